The third-order valence-electron chi connectivity index (χ3n) is 4.57. The van der Waals surface area contributed by atoms with Crippen LogP contribution < -0.4 is 16.0 Å². The van der Waals surface area contributed by atoms with E-state index < -0.39 is 11.9 Å². The predicted octanol–water partition coefficient (Wildman–Crippen LogP) is 6.90. The predicted molar refractivity (Wildman–Crippen MR) is 125 cm³/mol. The minimum Gasteiger partial charge on any atom is -0.321 e. The van der Waals surface area contributed by atoms with Crippen LogP contribution in [0.2, 0.25) is 5.02 Å². The van der Waals surface area contributed by atoms with Crippen LogP contribution in [0.1, 0.15) is 15.2 Å². The highest BCUT2D eigenvalue weighted by Crippen LogP contribution is 2.36. The Morgan fingerprint density at radius 1 is 0.903 bits per heavy atom. The highest BCUT2D eigenvalue weighted by molar-refractivity contribution is 7.21. The number of amides is 3. The first-order chi connectivity index (χ1) is 14.9. The quantitative estimate of drug-likeness (QED) is 0.314. The number of nitrogens with one attached hydrogen (secondary N) is 3. The van der Waals surface area contributed by atoms with Gasteiger partial charge in [0.15, 0.2) is 0 Å². The molecule has 0 fully saturated rings. The first-order valence-corrected chi connectivity index (χ1v) is 10.5. The van der Waals surface area contributed by atoms with Crippen molar-refractivity contribution in [2.75, 3.05) is 16.0 Å². The number of benzene rings is 3. The third kappa shape index (κ3) is 4.68. The minimum atomic E-state index is -0.402. The maximum atomic E-state index is 13.5. The molecule has 3 N–H and O–H groups in total. The number of rotatable bonds is 4. The second kappa shape index (κ2) is 8.75. The summed E-state index contributed by atoms with van der Waals surface area (Å²) >= 11 is 7.47. The Morgan fingerprint density at radius 2 is 1.65 bits per heavy atom. The molecule has 156 valence electrons. The number of aryl methyl sites for hydroxylation is 1. The molecule has 0 radical (unpaired) electrons. The molecule has 1 aromatic heterocycles. The van der Waals surface area contributed by atoms with Crippen LogP contribution in [0.25, 0.3) is 10.1 Å². The van der Waals surface area contributed by atoms with E-state index in [4.69, 9.17) is 11.6 Å². The molecule has 4 aromatic rings. The summed E-state index contributed by atoms with van der Waals surface area (Å²) in [4.78, 5) is 25.4. The molecule has 3 amide bonds. The van der Waals surface area contributed by atoms with E-state index in [2.05, 4.69) is 16.0 Å². The van der Waals surface area contributed by atoms with Gasteiger partial charge in [0.1, 0.15) is 10.7 Å². The number of hydrogen-bond acceptors (Lipinski definition) is 3. The van der Waals surface area contributed by atoms with Gasteiger partial charge in [-0.05, 0) is 55.0 Å². The van der Waals surface area contributed by atoms with E-state index >= 15 is 0 Å². The Hall–Kier alpha value is -3.42. The lowest BCUT2D eigenvalue weighted by atomic mass is 10.1. The molecule has 8 heteroatoms. The Bertz CT molecular complexity index is 1290. The first-order valence-electron chi connectivity index (χ1n) is 9.33. The summed E-state index contributed by atoms with van der Waals surface area (Å²) in [5, 5.41) is 9.22. The van der Waals surface area contributed by atoms with Crippen LogP contribution in [-0.4, -0.2) is 11.9 Å². The molecule has 5 nitrogen and oxygen atoms in total. The van der Waals surface area contributed by atoms with E-state index in [0.29, 0.717) is 32.0 Å². The Balaban J connectivity index is 1.51. The standard InChI is InChI=1S/C23H17ClFN3O2S/c1-13-7-9-16(27-23(30)26-15-5-3-2-4-6-15)12-18(13)28-22(29)21-20(24)17-10-8-14(25)11-19(17)31-21/h2-12H,1H3,(H,28,29)(H2,26,27,30). The summed E-state index contributed by atoms with van der Waals surface area (Å²) in [7, 11) is 0. The van der Waals surface area contributed by atoms with E-state index in [-0.39, 0.29) is 10.8 Å². The molecule has 1 heterocycles. The number of para-hydroxylation sites is 1. The summed E-state index contributed by atoms with van der Waals surface area (Å²) in [5.41, 5.74) is 2.52. The molecule has 0 atom stereocenters. The van der Waals surface area contributed by atoms with Crippen LogP contribution in [0.15, 0.2) is 66.7 Å². The van der Waals surface area contributed by atoms with Crippen molar-refractivity contribution in [3.63, 3.8) is 0 Å². The van der Waals surface area contributed by atoms with Gasteiger partial charge in [0, 0.05) is 27.1 Å². The van der Waals surface area contributed by atoms with Crippen LogP contribution in [-0.2, 0) is 0 Å². The number of urea groups is 1. The fourth-order valence-electron chi connectivity index (χ4n) is 3.01. The van der Waals surface area contributed by atoms with Gasteiger partial charge in [-0.3, -0.25) is 4.79 Å². The average Bonchev–Trinajstić information content (AvgIpc) is 3.07. The van der Waals surface area contributed by atoms with E-state index in [1.165, 1.54) is 12.1 Å². The maximum Gasteiger partial charge on any atom is 0.323 e. The molecule has 3 aromatic carbocycles. The van der Waals surface area contributed by atoms with Crippen LogP contribution in [0.3, 0.4) is 0 Å². The van der Waals surface area contributed by atoms with Crippen molar-refractivity contribution in [1.29, 1.82) is 0 Å². The van der Waals surface area contributed by atoms with Crippen molar-refractivity contribution >= 4 is 62.0 Å². The zero-order chi connectivity index (χ0) is 22.0. The van der Waals surface area contributed by atoms with Crippen LogP contribution in [0, 0.1) is 12.7 Å². The molecule has 0 aliphatic carbocycles. The molecule has 0 saturated heterocycles. The zero-order valence-electron chi connectivity index (χ0n) is 16.3. The molecule has 0 saturated carbocycles. The van der Waals surface area contributed by atoms with E-state index in [0.717, 1.165) is 16.9 Å². The van der Waals surface area contributed by atoms with E-state index in [1.807, 2.05) is 25.1 Å². The lowest BCUT2D eigenvalue weighted by Crippen LogP contribution is -2.19. The number of halogens is 2. The highest BCUT2D eigenvalue weighted by atomic mass is 35.5. The molecule has 0 unspecified atom stereocenters. The fourth-order valence-corrected chi connectivity index (χ4v) is 4.45. The zero-order valence-corrected chi connectivity index (χ0v) is 17.9. The van der Waals surface area contributed by atoms with E-state index in [1.54, 1.807) is 36.4 Å². The summed E-state index contributed by atoms with van der Waals surface area (Å²) in [6.07, 6.45) is 0. The monoisotopic (exact) mass is 453 g/mol. The molecular formula is C23H17ClFN3O2S. The molecular weight excluding hydrogens is 437 g/mol. The fraction of sp³-hybridized carbons (Fsp3) is 0.0435. The molecule has 0 spiro atoms. The summed E-state index contributed by atoms with van der Waals surface area (Å²) < 4.78 is 14.1. The topological polar surface area (TPSA) is 70.2 Å². The van der Waals surface area contributed by atoms with Crippen LogP contribution >= 0.6 is 22.9 Å². The molecule has 0 bridgehead atoms. The molecule has 0 aliphatic heterocycles. The first kappa shape index (κ1) is 20.8. The van der Waals surface area contributed by atoms with Gasteiger partial charge in [0.25, 0.3) is 5.91 Å². The number of carbonyl (C=O) groups excluding carboxylic acids is 2. The second-order valence-corrected chi connectivity index (χ2v) is 8.24. The summed E-state index contributed by atoms with van der Waals surface area (Å²) in [5.74, 6) is -0.790. The van der Waals surface area contributed by atoms with Crippen molar-refractivity contribution in [1.82, 2.24) is 0 Å². The van der Waals surface area contributed by atoms with Gasteiger partial charge in [-0.25, -0.2) is 9.18 Å². The number of fused-ring (bicyclic) bond motifs is 1. The van der Waals surface area contributed by atoms with E-state index in [9.17, 15) is 14.0 Å². The largest absolute Gasteiger partial charge is 0.323 e. The SMILES string of the molecule is Cc1ccc(NC(=O)Nc2ccccc2)cc1NC(=O)c1sc2cc(F)ccc2c1Cl. The average molecular weight is 454 g/mol. The van der Waals surface area contributed by atoms with Gasteiger partial charge in [-0.1, -0.05) is 35.9 Å². The molecule has 0 aliphatic rings. The number of anilines is 3. The van der Waals surface area contributed by atoms with Gasteiger partial charge in [0.2, 0.25) is 0 Å². The van der Waals surface area contributed by atoms with Gasteiger partial charge in [-0.2, -0.15) is 0 Å². The lowest BCUT2D eigenvalue weighted by Gasteiger charge is -2.12. The smallest absolute Gasteiger partial charge is 0.321 e. The van der Waals surface area contributed by atoms with Gasteiger partial charge in [-0.15, -0.1) is 11.3 Å². The summed E-state index contributed by atoms with van der Waals surface area (Å²) in [6, 6.07) is 18.1. The number of hydrogen-bond donors (Lipinski definition) is 3. The number of thiophene rings is 1. The van der Waals surface area contributed by atoms with Crippen molar-refractivity contribution in [3.05, 3.63) is 88.0 Å². The van der Waals surface area contributed by atoms with Crippen molar-refractivity contribution in [3.8, 4) is 0 Å². The third-order valence-corrected chi connectivity index (χ3v) is 6.23. The second-order valence-electron chi connectivity index (χ2n) is 6.81. The number of carbonyl (C=O) groups is 2. The highest BCUT2D eigenvalue weighted by Gasteiger charge is 2.18. The Labute approximate surface area is 186 Å². The van der Waals surface area contributed by atoms with Crippen LogP contribution in [0.4, 0.5) is 26.2 Å². The maximum absolute atomic E-state index is 13.5. The lowest BCUT2D eigenvalue weighted by molar-refractivity contribution is 0.103. The van der Waals surface area contributed by atoms with Gasteiger partial charge >= 0.3 is 6.03 Å². The Kier molecular flexibility index (Phi) is 5.88. The van der Waals surface area contributed by atoms with Gasteiger partial charge < -0.3 is 16.0 Å². The molecule has 4 rings (SSSR count). The van der Waals surface area contributed by atoms with Crippen LogP contribution in [0.5, 0.6) is 0 Å². The van der Waals surface area contributed by atoms with Gasteiger partial charge in [0.05, 0.1) is 5.02 Å². The minimum absolute atomic E-state index is 0.284. The van der Waals surface area contributed by atoms with Crippen molar-refractivity contribution < 1.29 is 14.0 Å². The summed E-state index contributed by atoms with van der Waals surface area (Å²) in [6.45, 7) is 1.84. The normalized spacial score (nSPS) is 10.7. The Morgan fingerprint density at radius 3 is 2.42 bits per heavy atom. The van der Waals surface area contributed by atoms with Crippen molar-refractivity contribution in [2.24, 2.45) is 0 Å². The van der Waals surface area contributed by atoms with Crippen molar-refractivity contribution in [2.45, 2.75) is 6.92 Å². The molecule has 31 heavy (non-hydrogen) atoms.